The molecule has 2 atom stereocenters. The molecule has 0 heterocycles. The fourth-order valence-electron chi connectivity index (χ4n) is 2.68. The van der Waals surface area contributed by atoms with Crippen molar-refractivity contribution < 1.29 is 4.43 Å². The Morgan fingerprint density at radius 2 is 1.84 bits per heavy atom. The zero-order chi connectivity index (χ0) is 14.9. The van der Waals surface area contributed by atoms with Crippen molar-refractivity contribution in [2.24, 2.45) is 5.92 Å². The van der Waals surface area contributed by atoms with Crippen molar-refractivity contribution in [3.8, 4) is 0 Å². The lowest BCUT2D eigenvalue weighted by Gasteiger charge is -2.42. The Kier molecular flexibility index (Phi) is 8.60. The molecule has 0 spiro atoms. The van der Waals surface area contributed by atoms with Gasteiger partial charge in [0.05, 0.1) is 5.60 Å². The summed E-state index contributed by atoms with van der Waals surface area (Å²) in [6.45, 7) is 17.5. The van der Waals surface area contributed by atoms with E-state index in [0.29, 0.717) is 5.92 Å². The van der Waals surface area contributed by atoms with Crippen LogP contribution in [0.4, 0.5) is 0 Å². The summed E-state index contributed by atoms with van der Waals surface area (Å²) in [6.07, 6.45) is 12.4. The number of unbranched alkanes of at least 4 members (excludes halogenated alkanes) is 1. The van der Waals surface area contributed by atoms with Gasteiger partial charge in [-0.05, 0) is 39.4 Å². The van der Waals surface area contributed by atoms with Crippen LogP contribution < -0.4 is 0 Å². The van der Waals surface area contributed by atoms with Gasteiger partial charge < -0.3 is 4.43 Å². The van der Waals surface area contributed by atoms with Gasteiger partial charge in [0.1, 0.15) is 0 Å². The largest absolute Gasteiger partial charge is 0.408 e. The molecule has 0 aliphatic rings. The van der Waals surface area contributed by atoms with E-state index in [2.05, 4.69) is 65.2 Å². The van der Waals surface area contributed by atoms with Crippen molar-refractivity contribution in [2.75, 3.05) is 0 Å². The molecule has 112 valence electrons. The summed E-state index contributed by atoms with van der Waals surface area (Å²) in [7, 11) is -1.59. The van der Waals surface area contributed by atoms with Crippen LogP contribution in [0.25, 0.3) is 0 Å². The van der Waals surface area contributed by atoms with Crippen LogP contribution in [0.2, 0.25) is 19.6 Å². The summed E-state index contributed by atoms with van der Waals surface area (Å²) >= 11 is 0. The van der Waals surface area contributed by atoms with E-state index in [9.17, 15) is 0 Å². The zero-order valence-corrected chi connectivity index (χ0v) is 15.0. The fraction of sp³-hybridized carbons (Fsp3) is 0.765. The fourth-order valence-corrected chi connectivity index (χ4v) is 4.15. The number of hydrogen-bond donors (Lipinski definition) is 0. The predicted molar refractivity (Wildman–Crippen MR) is 90.1 cm³/mol. The molecule has 0 N–H and O–H groups in total. The minimum atomic E-state index is -1.59. The molecule has 2 unspecified atom stereocenters. The highest BCUT2D eigenvalue weighted by Gasteiger charge is 2.38. The summed E-state index contributed by atoms with van der Waals surface area (Å²) in [4.78, 5) is 0. The summed E-state index contributed by atoms with van der Waals surface area (Å²) < 4.78 is 6.61. The van der Waals surface area contributed by atoms with Crippen molar-refractivity contribution >= 4 is 8.32 Å². The smallest absolute Gasteiger partial charge is 0.184 e. The van der Waals surface area contributed by atoms with E-state index < -0.39 is 8.32 Å². The first-order chi connectivity index (χ1) is 8.85. The minimum absolute atomic E-state index is 0.164. The van der Waals surface area contributed by atoms with Crippen LogP contribution in [0, 0.1) is 5.92 Å². The molecule has 0 radical (unpaired) electrons. The lowest BCUT2D eigenvalue weighted by atomic mass is 9.80. The minimum Gasteiger partial charge on any atom is -0.408 e. The van der Waals surface area contributed by atoms with Gasteiger partial charge in [-0.3, -0.25) is 0 Å². The van der Waals surface area contributed by atoms with Crippen LogP contribution in [0.1, 0.15) is 52.9 Å². The van der Waals surface area contributed by atoms with Gasteiger partial charge in [-0.25, -0.2) is 0 Å². The molecule has 0 fully saturated rings. The van der Waals surface area contributed by atoms with E-state index in [1.165, 1.54) is 25.7 Å². The first kappa shape index (κ1) is 18.7. The Labute approximate surface area is 122 Å². The van der Waals surface area contributed by atoms with Gasteiger partial charge in [0.25, 0.3) is 0 Å². The van der Waals surface area contributed by atoms with Crippen molar-refractivity contribution in [3.05, 3.63) is 24.8 Å². The molecule has 0 aromatic rings. The van der Waals surface area contributed by atoms with Gasteiger partial charge in [0, 0.05) is 5.92 Å². The molecule has 0 bridgehead atoms. The maximum atomic E-state index is 6.61. The van der Waals surface area contributed by atoms with Gasteiger partial charge >= 0.3 is 0 Å². The Hall–Kier alpha value is -0.343. The Morgan fingerprint density at radius 3 is 2.21 bits per heavy atom. The lowest BCUT2D eigenvalue weighted by molar-refractivity contribution is 0.0523. The van der Waals surface area contributed by atoms with E-state index in [1.807, 2.05) is 0 Å². The molecule has 0 saturated carbocycles. The van der Waals surface area contributed by atoms with E-state index in [4.69, 9.17) is 4.43 Å². The molecular weight excluding hydrogens is 248 g/mol. The predicted octanol–water partition coefficient (Wildman–Crippen LogP) is 5.95. The summed E-state index contributed by atoms with van der Waals surface area (Å²) in [5.74, 6) is 0.457. The van der Waals surface area contributed by atoms with Crippen molar-refractivity contribution in [3.63, 3.8) is 0 Å². The van der Waals surface area contributed by atoms with Crippen LogP contribution >= 0.6 is 0 Å². The normalized spacial score (nSPS) is 17.4. The van der Waals surface area contributed by atoms with Crippen LogP contribution in [-0.2, 0) is 4.43 Å². The Morgan fingerprint density at radius 1 is 1.21 bits per heavy atom. The van der Waals surface area contributed by atoms with Gasteiger partial charge in [-0.2, -0.15) is 0 Å². The highest BCUT2D eigenvalue weighted by molar-refractivity contribution is 6.69. The maximum Gasteiger partial charge on any atom is 0.184 e. The molecule has 0 amide bonds. The molecule has 0 saturated heterocycles. The van der Waals surface area contributed by atoms with E-state index >= 15 is 0 Å². The molecule has 0 aromatic heterocycles. The van der Waals surface area contributed by atoms with Crippen LogP contribution in [-0.4, -0.2) is 13.9 Å². The number of hydrogen-bond acceptors (Lipinski definition) is 1. The molecule has 1 nitrogen and oxygen atoms in total. The summed E-state index contributed by atoms with van der Waals surface area (Å²) in [5, 5.41) is 0. The van der Waals surface area contributed by atoms with Gasteiger partial charge in [-0.15, -0.1) is 6.58 Å². The molecule has 19 heavy (non-hydrogen) atoms. The third-order valence-electron chi connectivity index (χ3n) is 3.41. The Balaban J connectivity index is 5.32. The molecule has 2 heteroatoms. The number of rotatable bonds is 10. The molecule has 0 rings (SSSR count). The molecular formula is C17H34OSi. The second-order valence-electron chi connectivity index (χ2n) is 6.40. The highest BCUT2D eigenvalue weighted by Crippen LogP contribution is 2.36. The third-order valence-corrected chi connectivity index (χ3v) is 4.41. The van der Waals surface area contributed by atoms with Crippen molar-refractivity contribution in [2.45, 2.75) is 78.1 Å². The van der Waals surface area contributed by atoms with Crippen LogP contribution in [0.15, 0.2) is 24.8 Å². The average molecular weight is 283 g/mol. The molecule has 0 aliphatic carbocycles. The zero-order valence-electron chi connectivity index (χ0n) is 14.0. The molecule has 0 aromatic carbocycles. The summed E-state index contributed by atoms with van der Waals surface area (Å²) in [5.41, 5.74) is -0.164. The van der Waals surface area contributed by atoms with Crippen LogP contribution in [0.3, 0.4) is 0 Å². The topological polar surface area (TPSA) is 9.23 Å². The molecule has 0 aliphatic heterocycles. The highest BCUT2D eigenvalue weighted by atomic mass is 28.4. The van der Waals surface area contributed by atoms with E-state index in [1.54, 1.807) is 0 Å². The first-order valence-corrected chi connectivity index (χ1v) is 11.2. The SMILES string of the molecule is C=CC(CCCC)(O[Si](C)(C)C)C(C=CC)CCC. The maximum absolute atomic E-state index is 6.61. The number of allylic oxidation sites excluding steroid dienone is 1. The average Bonchev–Trinajstić information content (AvgIpc) is 2.33. The lowest BCUT2D eigenvalue weighted by Crippen LogP contribution is -2.46. The van der Waals surface area contributed by atoms with E-state index in [-0.39, 0.29) is 5.60 Å². The third kappa shape index (κ3) is 6.58. The van der Waals surface area contributed by atoms with Crippen molar-refractivity contribution in [1.82, 2.24) is 0 Å². The monoisotopic (exact) mass is 282 g/mol. The second-order valence-corrected chi connectivity index (χ2v) is 10.8. The first-order valence-electron chi connectivity index (χ1n) is 7.81. The van der Waals surface area contributed by atoms with Crippen LogP contribution in [0.5, 0.6) is 0 Å². The quantitative estimate of drug-likeness (QED) is 0.355. The van der Waals surface area contributed by atoms with Gasteiger partial charge in [-0.1, -0.05) is 51.3 Å². The Bertz CT molecular complexity index is 277. The standard InChI is InChI=1S/C17H34OSi/c1-8-12-15-17(11-4,18-19(5,6)7)16(13-9-2)14-10-3/h9,11,13,16H,4,8,10,12,14-15H2,1-3,5-7H3. The second kappa shape index (κ2) is 8.75. The van der Waals surface area contributed by atoms with E-state index in [0.717, 1.165) is 6.42 Å². The van der Waals surface area contributed by atoms with Gasteiger partial charge in [0.2, 0.25) is 0 Å². The van der Waals surface area contributed by atoms with Crippen molar-refractivity contribution in [1.29, 1.82) is 0 Å². The summed E-state index contributed by atoms with van der Waals surface area (Å²) in [6, 6.07) is 0. The van der Waals surface area contributed by atoms with Gasteiger partial charge in [0.15, 0.2) is 8.32 Å².